The Kier molecular flexibility index (Phi) is 6.88. The molecule has 0 N–H and O–H groups in total. The molecule has 2 aromatic heterocycles. The third-order valence-electron chi connectivity index (χ3n) is 6.94. The summed E-state index contributed by atoms with van der Waals surface area (Å²) >= 11 is 6.03. The van der Waals surface area contributed by atoms with E-state index in [9.17, 15) is 0 Å². The molecule has 0 saturated carbocycles. The third kappa shape index (κ3) is 5.38. The van der Waals surface area contributed by atoms with E-state index in [-0.39, 0.29) is 0 Å². The van der Waals surface area contributed by atoms with Crippen LogP contribution in [0.3, 0.4) is 0 Å². The molecule has 3 heterocycles. The van der Waals surface area contributed by atoms with Crippen molar-refractivity contribution in [1.82, 2.24) is 24.4 Å². The highest BCUT2D eigenvalue weighted by Gasteiger charge is 2.19. The van der Waals surface area contributed by atoms with Crippen LogP contribution in [0.1, 0.15) is 12.2 Å². The zero-order valence-corrected chi connectivity index (χ0v) is 21.4. The van der Waals surface area contributed by atoms with Crippen molar-refractivity contribution in [3.8, 4) is 5.75 Å². The first-order valence-electron chi connectivity index (χ1n) is 12.7. The first-order valence-corrected chi connectivity index (χ1v) is 13.1. The number of aryl methyl sites for hydroxylation is 1. The number of halogens is 1. The summed E-state index contributed by atoms with van der Waals surface area (Å²) in [5, 5.41) is 3.12. The minimum Gasteiger partial charge on any atom is -0.486 e. The topological polar surface area (TPSA) is 59.3 Å². The molecular formula is C29H29ClN6O. The molecule has 3 aromatic carbocycles. The van der Waals surface area contributed by atoms with Crippen LogP contribution in [0.15, 0.2) is 79.1 Å². The zero-order chi connectivity index (χ0) is 25.0. The van der Waals surface area contributed by atoms with E-state index in [4.69, 9.17) is 21.3 Å². The van der Waals surface area contributed by atoms with Crippen LogP contribution in [0, 0.1) is 0 Å². The fourth-order valence-electron chi connectivity index (χ4n) is 4.98. The molecule has 6 rings (SSSR count). The van der Waals surface area contributed by atoms with Crippen LogP contribution in [0.4, 0.5) is 5.95 Å². The van der Waals surface area contributed by atoms with Gasteiger partial charge in [-0.2, -0.15) is 0 Å². The fraction of sp³-hybridized carbons (Fsp3) is 0.276. The van der Waals surface area contributed by atoms with Crippen molar-refractivity contribution in [3.63, 3.8) is 0 Å². The summed E-state index contributed by atoms with van der Waals surface area (Å²) in [7, 11) is 0. The number of anilines is 1. The summed E-state index contributed by atoms with van der Waals surface area (Å²) in [5.41, 5.74) is 2.16. The second-order valence-electron chi connectivity index (χ2n) is 9.34. The Morgan fingerprint density at radius 2 is 1.54 bits per heavy atom. The van der Waals surface area contributed by atoms with Gasteiger partial charge in [0.25, 0.3) is 0 Å². The maximum Gasteiger partial charge on any atom is 0.225 e. The van der Waals surface area contributed by atoms with Crippen LogP contribution in [-0.2, 0) is 13.2 Å². The number of hydrogen-bond acceptors (Lipinski definition) is 6. The van der Waals surface area contributed by atoms with E-state index >= 15 is 0 Å². The predicted octanol–water partition coefficient (Wildman–Crippen LogP) is 5.42. The number of aromatic nitrogens is 4. The van der Waals surface area contributed by atoms with Crippen LogP contribution in [-0.4, -0.2) is 57.1 Å². The Balaban J connectivity index is 1.16. The van der Waals surface area contributed by atoms with E-state index < -0.39 is 0 Å². The average molecular weight is 513 g/mol. The van der Waals surface area contributed by atoms with E-state index in [1.807, 2.05) is 42.7 Å². The summed E-state index contributed by atoms with van der Waals surface area (Å²) < 4.78 is 8.42. The van der Waals surface area contributed by atoms with Crippen molar-refractivity contribution in [3.05, 3.63) is 90.0 Å². The minimum atomic E-state index is 0.405. The van der Waals surface area contributed by atoms with Gasteiger partial charge in [-0.1, -0.05) is 35.9 Å². The van der Waals surface area contributed by atoms with Crippen molar-refractivity contribution in [2.75, 3.05) is 37.6 Å². The summed E-state index contributed by atoms with van der Waals surface area (Å²) in [6.07, 6.45) is 4.65. The van der Waals surface area contributed by atoms with Gasteiger partial charge in [0.1, 0.15) is 18.2 Å². The number of hydrogen-bond donors (Lipinski definition) is 0. The molecule has 0 radical (unpaired) electrons. The molecule has 0 aliphatic carbocycles. The maximum atomic E-state index is 6.10. The summed E-state index contributed by atoms with van der Waals surface area (Å²) in [4.78, 5) is 18.6. The third-order valence-corrected chi connectivity index (χ3v) is 7.19. The second-order valence-corrected chi connectivity index (χ2v) is 9.78. The first kappa shape index (κ1) is 23.7. The van der Waals surface area contributed by atoms with Crippen molar-refractivity contribution < 1.29 is 4.74 Å². The van der Waals surface area contributed by atoms with E-state index in [1.54, 1.807) is 0 Å². The molecular weight excluding hydrogens is 484 g/mol. The number of nitrogens with zero attached hydrogens (tertiary/aromatic N) is 6. The largest absolute Gasteiger partial charge is 0.486 e. The summed E-state index contributed by atoms with van der Waals surface area (Å²) in [6, 6.07) is 22.2. The molecule has 0 spiro atoms. The first-order chi connectivity index (χ1) is 18.2. The second kappa shape index (κ2) is 10.7. The molecule has 7 nitrogen and oxygen atoms in total. The molecule has 188 valence electrons. The van der Waals surface area contributed by atoms with E-state index in [2.05, 4.69) is 60.7 Å². The highest BCUT2D eigenvalue weighted by molar-refractivity contribution is 6.30. The van der Waals surface area contributed by atoms with Gasteiger partial charge in [0.05, 0.1) is 11.0 Å². The molecule has 1 aliphatic rings. The molecule has 5 aromatic rings. The van der Waals surface area contributed by atoms with Gasteiger partial charge in [0.2, 0.25) is 5.95 Å². The molecule has 0 unspecified atom stereocenters. The molecule has 1 fully saturated rings. The molecule has 1 saturated heterocycles. The van der Waals surface area contributed by atoms with Crippen molar-refractivity contribution in [1.29, 1.82) is 0 Å². The monoisotopic (exact) mass is 512 g/mol. The van der Waals surface area contributed by atoms with Crippen LogP contribution in [0.2, 0.25) is 5.02 Å². The lowest BCUT2D eigenvalue weighted by molar-refractivity contribution is 0.247. The SMILES string of the molecule is Clc1ccc(OCc2nc3cc4ccccc4cc3n2CCCN2CCN(c3ncccn3)CC2)cc1. The van der Waals surface area contributed by atoms with Crippen LogP contribution >= 0.6 is 11.6 Å². The number of rotatable bonds is 8. The van der Waals surface area contributed by atoms with Gasteiger partial charge >= 0.3 is 0 Å². The number of imidazole rings is 1. The highest BCUT2D eigenvalue weighted by atomic mass is 35.5. The van der Waals surface area contributed by atoms with Crippen molar-refractivity contribution in [2.24, 2.45) is 0 Å². The number of fused-ring (bicyclic) bond motifs is 2. The van der Waals surface area contributed by atoms with E-state index in [0.29, 0.717) is 11.6 Å². The molecule has 0 bridgehead atoms. The minimum absolute atomic E-state index is 0.405. The Labute approximate surface area is 221 Å². The van der Waals surface area contributed by atoms with Crippen LogP contribution in [0.5, 0.6) is 5.75 Å². The van der Waals surface area contributed by atoms with Gasteiger partial charge in [-0.3, -0.25) is 4.90 Å². The van der Waals surface area contributed by atoms with Crippen LogP contribution in [0.25, 0.3) is 21.8 Å². The van der Waals surface area contributed by atoms with E-state index in [0.717, 1.165) is 74.2 Å². The number of ether oxygens (including phenoxy) is 1. The van der Waals surface area contributed by atoms with Gasteiger partial charge in [-0.25, -0.2) is 15.0 Å². The van der Waals surface area contributed by atoms with Gasteiger partial charge < -0.3 is 14.2 Å². The van der Waals surface area contributed by atoms with Crippen LogP contribution < -0.4 is 9.64 Å². The van der Waals surface area contributed by atoms with Gasteiger partial charge in [-0.15, -0.1) is 0 Å². The number of piperazine rings is 1. The summed E-state index contributed by atoms with van der Waals surface area (Å²) in [5.74, 6) is 2.55. The Morgan fingerprint density at radius 1 is 0.811 bits per heavy atom. The van der Waals surface area contributed by atoms with E-state index in [1.165, 1.54) is 10.8 Å². The van der Waals surface area contributed by atoms with Gasteiger partial charge in [0, 0.05) is 50.1 Å². The molecule has 0 amide bonds. The molecule has 1 aliphatic heterocycles. The summed E-state index contributed by atoms with van der Waals surface area (Å²) in [6.45, 7) is 6.25. The van der Waals surface area contributed by atoms with Gasteiger partial charge in [-0.05, 0) is 66.2 Å². The smallest absolute Gasteiger partial charge is 0.225 e. The number of benzene rings is 3. The Hall–Kier alpha value is -3.68. The standard InChI is InChI=1S/C29H29ClN6O/c30-24-7-9-25(10-8-24)37-21-28-33-26-19-22-5-1-2-6-23(22)20-27(26)36(28)14-4-13-34-15-17-35(18-16-34)29-31-11-3-12-32-29/h1-3,5-12,19-20H,4,13-18,21H2. The lowest BCUT2D eigenvalue weighted by atomic mass is 10.1. The van der Waals surface area contributed by atoms with Gasteiger partial charge in [0.15, 0.2) is 0 Å². The normalized spacial score (nSPS) is 14.5. The lowest BCUT2D eigenvalue weighted by Crippen LogP contribution is -2.47. The average Bonchev–Trinajstić information content (AvgIpc) is 3.28. The Morgan fingerprint density at radius 3 is 2.30 bits per heavy atom. The Bertz CT molecular complexity index is 1480. The van der Waals surface area contributed by atoms with Crippen molar-refractivity contribution in [2.45, 2.75) is 19.6 Å². The lowest BCUT2D eigenvalue weighted by Gasteiger charge is -2.34. The zero-order valence-electron chi connectivity index (χ0n) is 20.6. The molecule has 0 atom stereocenters. The van der Waals surface area contributed by atoms with Crippen molar-refractivity contribution >= 4 is 39.4 Å². The predicted molar refractivity (Wildman–Crippen MR) is 148 cm³/mol. The maximum absolute atomic E-state index is 6.10. The quantitative estimate of drug-likeness (QED) is 0.276. The molecule has 8 heteroatoms. The highest BCUT2D eigenvalue weighted by Crippen LogP contribution is 2.25. The fourth-order valence-corrected chi connectivity index (χ4v) is 5.10. The molecule has 37 heavy (non-hydrogen) atoms.